The van der Waals surface area contributed by atoms with Crippen LogP contribution in [0, 0.1) is 0 Å². The van der Waals surface area contributed by atoms with Crippen molar-refractivity contribution in [1.29, 1.82) is 0 Å². The predicted octanol–water partition coefficient (Wildman–Crippen LogP) is 5.61. The average Bonchev–Trinajstić information content (AvgIpc) is 2.83. The number of hydrogen-bond donors (Lipinski definition) is 0. The Morgan fingerprint density at radius 3 is 2.10 bits per heavy atom. The second kappa shape index (κ2) is 5.83. The lowest BCUT2D eigenvalue weighted by Crippen LogP contribution is -2.05. The Balaban J connectivity index is 2.49. The van der Waals surface area contributed by atoms with Gasteiger partial charge in [0, 0.05) is 22.6 Å². The summed E-state index contributed by atoms with van der Waals surface area (Å²) in [6.07, 6.45) is -3.36. The van der Waals surface area contributed by atoms with Crippen LogP contribution >= 0.6 is 15.9 Å². The normalized spacial score (nSPS) is 13.7. The van der Waals surface area contributed by atoms with Gasteiger partial charge >= 0.3 is 6.18 Å². The summed E-state index contributed by atoms with van der Waals surface area (Å²) in [5.41, 5.74) is 0.887. The molecular formula is C15H16BrF3N2. The van der Waals surface area contributed by atoms with Gasteiger partial charge in [-0.05, 0) is 26.3 Å². The Morgan fingerprint density at radius 2 is 1.67 bits per heavy atom. The number of imidazole rings is 1. The molecule has 0 unspecified atom stereocenters. The number of halogens is 4. The Kier molecular flexibility index (Phi) is 4.46. The summed E-state index contributed by atoms with van der Waals surface area (Å²) in [4.78, 5) is 3.97. The number of alkyl halides is 4. The van der Waals surface area contributed by atoms with Crippen LogP contribution in [0.5, 0.6) is 0 Å². The second-order valence-electron chi connectivity index (χ2n) is 5.19. The first-order valence-electron chi connectivity index (χ1n) is 6.60. The summed E-state index contributed by atoms with van der Waals surface area (Å²) >= 11 is 3.46. The fourth-order valence-electron chi connectivity index (χ4n) is 2.03. The summed E-state index contributed by atoms with van der Waals surface area (Å²) < 4.78 is 40.1. The monoisotopic (exact) mass is 360 g/mol. The molecule has 0 radical (unpaired) electrons. The summed E-state index contributed by atoms with van der Waals surface area (Å²) in [7, 11) is 0. The summed E-state index contributed by atoms with van der Waals surface area (Å²) in [6.45, 7) is 5.66. The molecule has 1 aromatic carbocycles. The van der Waals surface area contributed by atoms with E-state index in [9.17, 15) is 13.2 Å². The molecule has 1 aromatic heterocycles. The molecule has 0 N–H and O–H groups in total. The van der Waals surface area contributed by atoms with Crippen molar-refractivity contribution in [3.63, 3.8) is 0 Å². The van der Waals surface area contributed by atoms with Crippen LogP contribution in [0.3, 0.4) is 0 Å². The molecule has 2 rings (SSSR count). The molecule has 0 amide bonds. The van der Waals surface area contributed by atoms with Gasteiger partial charge in [0.2, 0.25) is 0 Å². The molecule has 2 aromatic rings. The largest absolute Gasteiger partial charge is 0.434 e. The van der Waals surface area contributed by atoms with Crippen LogP contribution in [0.1, 0.15) is 42.9 Å². The Bertz CT molecular complexity index is 613. The van der Waals surface area contributed by atoms with Crippen LogP contribution < -0.4 is 0 Å². The minimum Gasteiger partial charge on any atom is -0.328 e. The lowest BCUT2D eigenvalue weighted by Gasteiger charge is -2.12. The first-order chi connectivity index (χ1) is 9.70. The third kappa shape index (κ3) is 3.48. The van der Waals surface area contributed by atoms with Crippen LogP contribution in [0.25, 0.3) is 11.4 Å². The molecule has 21 heavy (non-hydrogen) atoms. The number of hydrogen-bond acceptors (Lipinski definition) is 1. The predicted molar refractivity (Wildman–Crippen MR) is 80.4 cm³/mol. The minimum atomic E-state index is -4.43. The summed E-state index contributed by atoms with van der Waals surface area (Å²) in [6, 6.07) is 7.28. The third-order valence-corrected chi connectivity index (χ3v) is 3.74. The smallest absolute Gasteiger partial charge is 0.328 e. The van der Waals surface area contributed by atoms with E-state index in [0.717, 1.165) is 11.8 Å². The highest BCUT2D eigenvalue weighted by molar-refractivity contribution is 9.09. The number of nitrogens with zero attached hydrogens (tertiary/aromatic N) is 2. The van der Waals surface area contributed by atoms with Gasteiger partial charge in [-0.3, -0.25) is 0 Å². The molecular weight excluding hydrogens is 345 g/mol. The van der Waals surface area contributed by atoms with Gasteiger partial charge in [-0.15, -0.1) is 0 Å². The van der Waals surface area contributed by atoms with E-state index in [4.69, 9.17) is 0 Å². The summed E-state index contributed by atoms with van der Waals surface area (Å²) in [5, 5.41) is 0. The molecule has 0 aliphatic carbocycles. The second-order valence-corrected chi connectivity index (χ2v) is 6.56. The van der Waals surface area contributed by atoms with E-state index in [0.29, 0.717) is 11.4 Å². The first-order valence-corrected chi connectivity index (χ1v) is 7.52. The highest BCUT2D eigenvalue weighted by atomic mass is 79.9. The van der Waals surface area contributed by atoms with Gasteiger partial charge in [0.1, 0.15) is 5.82 Å². The molecule has 0 spiro atoms. The standard InChI is InChI=1S/C15H16BrF3N2/c1-9(2)21-8-13(15(17,18)19)20-14(21)12-6-4-11(5-7-12)10(3)16/h4-10H,1-3H3/t10-/m0/s1. The molecule has 0 saturated carbocycles. The van der Waals surface area contributed by atoms with E-state index in [2.05, 4.69) is 20.9 Å². The van der Waals surface area contributed by atoms with E-state index < -0.39 is 11.9 Å². The molecule has 0 aliphatic heterocycles. The van der Waals surface area contributed by atoms with Crippen molar-refractivity contribution in [3.05, 3.63) is 41.7 Å². The molecule has 0 fully saturated rings. The quantitative estimate of drug-likeness (QED) is 0.650. The molecule has 1 heterocycles. The Labute approximate surface area is 130 Å². The van der Waals surface area contributed by atoms with Crippen LogP contribution in [0.15, 0.2) is 30.5 Å². The molecule has 6 heteroatoms. The third-order valence-electron chi connectivity index (χ3n) is 3.21. The lowest BCUT2D eigenvalue weighted by molar-refractivity contribution is -0.140. The van der Waals surface area contributed by atoms with Crippen LogP contribution in [0.2, 0.25) is 0 Å². The van der Waals surface area contributed by atoms with Crippen molar-refractivity contribution in [2.45, 2.75) is 37.8 Å². The topological polar surface area (TPSA) is 17.8 Å². The maximum absolute atomic E-state index is 12.8. The van der Waals surface area contributed by atoms with Gasteiger partial charge in [0.25, 0.3) is 0 Å². The fraction of sp³-hybridized carbons (Fsp3) is 0.400. The van der Waals surface area contributed by atoms with Gasteiger partial charge in [-0.25, -0.2) is 4.98 Å². The molecule has 2 nitrogen and oxygen atoms in total. The SMILES string of the molecule is CC(C)n1cc(C(F)(F)F)nc1-c1ccc([C@H](C)Br)cc1. The van der Waals surface area contributed by atoms with Crippen molar-refractivity contribution in [3.8, 4) is 11.4 Å². The van der Waals surface area contributed by atoms with Crippen molar-refractivity contribution >= 4 is 15.9 Å². The Hall–Kier alpha value is -1.30. The van der Waals surface area contributed by atoms with Crippen LogP contribution in [-0.4, -0.2) is 9.55 Å². The zero-order chi connectivity index (χ0) is 15.8. The van der Waals surface area contributed by atoms with E-state index in [1.54, 1.807) is 16.7 Å². The van der Waals surface area contributed by atoms with Crippen molar-refractivity contribution in [2.75, 3.05) is 0 Å². The van der Waals surface area contributed by atoms with Crippen LogP contribution in [0.4, 0.5) is 13.2 Å². The van der Waals surface area contributed by atoms with E-state index in [-0.39, 0.29) is 10.9 Å². The van der Waals surface area contributed by atoms with Crippen molar-refractivity contribution < 1.29 is 13.2 Å². The van der Waals surface area contributed by atoms with Crippen molar-refractivity contribution in [2.24, 2.45) is 0 Å². The van der Waals surface area contributed by atoms with E-state index >= 15 is 0 Å². The van der Waals surface area contributed by atoms with E-state index in [1.165, 1.54) is 0 Å². The molecule has 0 saturated heterocycles. The van der Waals surface area contributed by atoms with Gasteiger partial charge < -0.3 is 4.57 Å². The Morgan fingerprint density at radius 1 is 1.10 bits per heavy atom. The van der Waals surface area contributed by atoms with Gasteiger partial charge in [-0.1, -0.05) is 40.2 Å². The van der Waals surface area contributed by atoms with Gasteiger partial charge in [0.15, 0.2) is 5.69 Å². The lowest BCUT2D eigenvalue weighted by atomic mass is 10.1. The first kappa shape index (κ1) is 16.1. The maximum atomic E-state index is 12.8. The minimum absolute atomic E-state index is 0.0987. The fourth-order valence-corrected chi connectivity index (χ4v) is 2.34. The number of aromatic nitrogens is 2. The molecule has 0 bridgehead atoms. The molecule has 1 atom stereocenters. The zero-order valence-electron chi connectivity index (χ0n) is 11.9. The van der Waals surface area contributed by atoms with Crippen LogP contribution in [-0.2, 0) is 6.18 Å². The van der Waals surface area contributed by atoms with E-state index in [1.807, 2.05) is 32.9 Å². The van der Waals surface area contributed by atoms with Gasteiger partial charge in [0.05, 0.1) is 0 Å². The average molecular weight is 361 g/mol. The number of benzene rings is 1. The number of rotatable bonds is 3. The highest BCUT2D eigenvalue weighted by Crippen LogP contribution is 2.33. The summed E-state index contributed by atoms with van der Waals surface area (Å²) in [5.74, 6) is 0.339. The van der Waals surface area contributed by atoms with Gasteiger partial charge in [-0.2, -0.15) is 13.2 Å². The molecule has 114 valence electrons. The van der Waals surface area contributed by atoms with Crippen molar-refractivity contribution in [1.82, 2.24) is 9.55 Å². The maximum Gasteiger partial charge on any atom is 0.434 e. The molecule has 0 aliphatic rings. The highest BCUT2D eigenvalue weighted by Gasteiger charge is 2.35. The zero-order valence-corrected chi connectivity index (χ0v) is 13.5.